The fourth-order valence-electron chi connectivity index (χ4n) is 2.46. The number of halogens is 1. The van der Waals surface area contributed by atoms with Gasteiger partial charge >= 0.3 is 0 Å². The molecule has 0 saturated carbocycles. The summed E-state index contributed by atoms with van der Waals surface area (Å²) in [6.45, 7) is 0.568. The number of hydrogen-bond donors (Lipinski definition) is 0. The molecule has 0 amide bonds. The highest BCUT2D eigenvalue weighted by Crippen LogP contribution is 2.27. The molecule has 1 heterocycles. The predicted octanol–water partition coefficient (Wildman–Crippen LogP) is 4.53. The summed E-state index contributed by atoms with van der Waals surface area (Å²) in [7, 11) is 0. The van der Waals surface area contributed by atoms with Crippen LogP contribution in [0.15, 0.2) is 59.8 Å². The zero-order chi connectivity index (χ0) is 17.5. The maximum atomic E-state index is 14.2. The van der Waals surface area contributed by atoms with Crippen molar-refractivity contribution >= 4 is 11.8 Å². The normalized spacial score (nSPS) is 10.6. The van der Waals surface area contributed by atoms with E-state index in [0.717, 1.165) is 22.9 Å². The minimum atomic E-state index is -0.315. The van der Waals surface area contributed by atoms with Crippen molar-refractivity contribution < 1.29 is 4.39 Å². The van der Waals surface area contributed by atoms with Gasteiger partial charge in [-0.1, -0.05) is 54.2 Å². The fourth-order valence-corrected chi connectivity index (χ4v) is 3.34. The van der Waals surface area contributed by atoms with Crippen LogP contribution in [-0.2, 0) is 6.54 Å². The zero-order valence-electron chi connectivity index (χ0n) is 13.6. The fraction of sp³-hybridized carbons (Fsp3) is 0.211. The van der Waals surface area contributed by atoms with E-state index in [1.54, 1.807) is 30.0 Å². The van der Waals surface area contributed by atoms with E-state index < -0.39 is 0 Å². The van der Waals surface area contributed by atoms with Crippen LogP contribution in [-0.4, -0.2) is 20.5 Å². The van der Waals surface area contributed by atoms with E-state index >= 15 is 0 Å². The van der Waals surface area contributed by atoms with Crippen molar-refractivity contribution in [2.24, 2.45) is 0 Å². The van der Waals surface area contributed by atoms with Crippen LogP contribution in [0, 0.1) is 17.1 Å². The van der Waals surface area contributed by atoms with Gasteiger partial charge in [0, 0.05) is 12.2 Å². The van der Waals surface area contributed by atoms with Crippen LogP contribution in [0.25, 0.3) is 11.4 Å². The quantitative estimate of drug-likeness (QED) is 0.463. The number of rotatable bonds is 7. The summed E-state index contributed by atoms with van der Waals surface area (Å²) in [6.07, 6.45) is 1.30. The van der Waals surface area contributed by atoms with E-state index in [2.05, 4.69) is 16.3 Å². The van der Waals surface area contributed by atoms with Crippen molar-refractivity contribution in [2.45, 2.75) is 24.5 Å². The molecule has 2 aromatic carbocycles. The number of aromatic nitrogens is 3. The third-order valence-corrected chi connectivity index (χ3v) is 4.73. The first-order valence-electron chi connectivity index (χ1n) is 8.01. The lowest BCUT2D eigenvalue weighted by molar-refractivity contribution is 0.626. The standard InChI is InChI=1S/C19H17FN4S/c20-17-11-5-4-10-16(17)18-22-23-19(25-13-7-6-12-21)24(18)14-15-8-2-1-3-9-15/h1-5,8-11H,6-7,13-14H2. The molecule has 0 bridgehead atoms. The van der Waals surface area contributed by atoms with Crippen LogP contribution >= 0.6 is 11.8 Å². The van der Waals surface area contributed by atoms with Crippen LogP contribution in [0.4, 0.5) is 4.39 Å². The van der Waals surface area contributed by atoms with Gasteiger partial charge in [-0.25, -0.2) is 4.39 Å². The van der Waals surface area contributed by atoms with Gasteiger partial charge in [-0.3, -0.25) is 4.57 Å². The monoisotopic (exact) mass is 352 g/mol. The number of benzene rings is 2. The van der Waals surface area contributed by atoms with Crippen molar-refractivity contribution in [3.05, 3.63) is 66.0 Å². The summed E-state index contributed by atoms with van der Waals surface area (Å²) < 4.78 is 16.2. The Morgan fingerprint density at radius 1 is 1.04 bits per heavy atom. The van der Waals surface area contributed by atoms with E-state index in [-0.39, 0.29) is 5.82 Å². The number of nitrogens with zero attached hydrogens (tertiary/aromatic N) is 4. The van der Waals surface area contributed by atoms with Gasteiger partial charge in [-0.15, -0.1) is 10.2 Å². The first kappa shape index (κ1) is 17.2. The Hall–Kier alpha value is -2.65. The van der Waals surface area contributed by atoms with E-state index in [4.69, 9.17) is 5.26 Å². The maximum absolute atomic E-state index is 14.2. The van der Waals surface area contributed by atoms with Crippen molar-refractivity contribution in [1.82, 2.24) is 14.8 Å². The molecule has 3 rings (SSSR count). The third kappa shape index (κ3) is 4.25. The van der Waals surface area contributed by atoms with Crippen molar-refractivity contribution in [3.63, 3.8) is 0 Å². The molecule has 0 unspecified atom stereocenters. The molecule has 0 spiro atoms. The van der Waals surface area contributed by atoms with Gasteiger partial charge in [0.15, 0.2) is 11.0 Å². The van der Waals surface area contributed by atoms with Crippen LogP contribution < -0.4 is 0 Å². The molecule has 0 atom stereocenters. The molecule has 126 valence electrons. The van der Waals surface area contributed by atoms with Crippen molar-refractivity contribution in [1.29, 1.82) is 5.26 Å². The number of hydrogen-bond acceptors (Lipinski definition) is 4. The van der Waals surface area contributed by atoms with E-state index in [9.17, 15) is 4.39 Å². The van der Waals surface area contributed by atoms with Gasteiger partial charge in [0.2, 0.25) is 0 Å². The Morgan fingerprint density at radius 3 is 2.56 bits per heavy atom. The Balaban J connectivity index is 1.93. The molecule has 0 fully saturated rings. The lowest BCUT2D eigenvalue weighted by Gasteiger charge is -2.11. The molecule has 6 heteroatoms. The molecule has 0 aliphatic heterocycles. The summed E-state index contributed by atoms with van der Waals surface area (Å²) in [4.78, 5) is 0. The van der Waals surface area contributed by atoms with Crippen LogP contribution in [0.1, 0.15) is 18.4 Å². The summed E-state index contributed by atoms with van der Waals surface area (Å²) in [5, 5.41) is 17.9. The smallest absolute Gasteiger partial charge is 0.191 e. The van der Waals surface area contributed by atoms with Gasteiger partial charge in [0.25, 0.3) is 0 Å². The number of unbranched alkanes of at least 4 members (excludes halogenated alkanes) is 1. The second-order valence-corrected chi connectivity index (χ2v) is 6.53. The molecular formula is C19H17FN4S. The highest BCUT2D eigenvalue weighted by molar-refractivity contribution is 7.99. The van der Waals surface area contributed by atoms with Crippen LogP contribution in [0.2, 0.25) is 0 Å². The lowest BCUT2D eigenvalue weighted by atomic mass is 10.2. The Kier molecular flexibility index (Phi) is 5.81. The minimum Gasteiger partial charge on any atom is -0.297 e. The second kappa shape index (κ2) is 8.45. The van der Waals surface area contributed by atoms with Gasteiger partial charge in [-0.2, -0.15) is 5.26 Å². The van der Waals surface area contributed by atoms with Crippen molar-refractivity contribution in [3.8, 4) is 17.5 Å². The molecule has 1 aromatic heterocycles. The molecule has 3 aromatic rings. The molecule has 0 aliphatic carbocycles. The topological polar surface area (TPSA) is 54.5 Å². The van der Waals surface area contributed by atoms with Gasteiger partial charge in [0.05, 0.1) is 18.2 Å². The average molecular weight is 352 g/mol. The summed E-state index contributed by atoms with van der Waals surface area (Å²) >= 11 is 1.54. The van der Waals surface area contributed by atoms with Gasteiger partial charge in [-0.05, 0) is 24.1 Å². The summed E-state index contributed by atoms with van der Waals surface area (Å²) in [5.41, 5.74) is 1.54. The van der Waals surface area contributed by atoms with E-state index in [0.29, 0.717) is 24.4 Å². The molecule has 0 aliphatic rings. The molecular weight excluding hydrogens is 335 g/mol. The Labute approximate surface area is 150 Å². The first-order chi connectivity index (χ1) is 12.3. The Bertz CT molecular complexity index is 871. The number of thioether (sulfide) groups is 1. The third-order valence-electron chi connectivity index (χ3n) is 3.68. The van der Waals surface area contributed by atoms with Crippen molar-refractivity contribution in [2.75, 3.05) is 5.75 Å². The average Bonchev–Trinajstić information content (AvgIpc) is 3.02. The largest absolute Gasteiger partial charge is 0.297 e. The molecule has 0 saturated heterocycles. The first-order valence-corrected chi connectivity index (χ1v) is 9.00. The van der Waals surface area contributed by atoms with Crippen LogP contribution in [0.5, 0.6) is 0 Å². The summed E-state index contributed by atoms with van der Waals surface area (Å²) in [6, 6.07) is 18.7. The number of nitriles is 1. The second-order valence-electron chi connectivity index (χ2n) is 5.47. The molecule has 25 heavy (non-hydrogen) atoms. The van der Waals surface area contributed by atoms with E-state index in [1.165, 1.54) is 6.07 Å². The predicted molar refractivity (Wildman–Crippen MR) is 96.5 cm³/mol. The Morgan fingerprint density at radius 2 is 1.80 bits per heavy atom. The zero-order valence-corrected chi connectivity index (χ0v) is 14.4. The molecule has 0 radical (unpaired) electrons. The molecule has 0 N–H and O–H groups in total. The van der Waals surface area contributed by atoms with Gasteiger partial charge < -0.3 is 0 Å². The van der Waals surface area contributed by atoms with Crippen LogP contribution in [0.3, 0.4) is 0 Å². The lowest BCUT2D eigenvalue weighted by Crippen LogP contribution is -2.05. The maximum Gasteiger partial charge on any atom is 0.191 e. The highest BCUT2D eigenvalue weighted by atomic mass is 32.2. The minimum absolute atomic E-state index is 0.315. The SMILES string of the molecule is N#CCCCSc1nnc(-c2ccccc2F)n1Cc1ccccc1. The highest BCUT2D eigenvalue weighted by Gasteiger charge is 2.17. The van der Waals surface area contributed by atoms with Gasteiger partial charge in [0.1, 0.15) is 5.82 Å². The summed E-state index contributed by atoms with van der Waals surface area (Å²) in [5.74, 6) is 0.979. The molecule has 4 nitrogen and oxygen atoms in total. The van der Waals surface area contributed by atoms with E-state index in [1.807, 2.05) is 34.9 Å².